The summed E-state index contributed by atoms with van der Waals surface area (Å²) in [5, 5.41) is 2.84. The number of carbonyl (C=O) groups excluding carboxylic acids is 1. The van der Waals surface area contributed by atoms with Gasteiger partial charge in [-0.1, -0.05) is 13.8 Å². The first-order valence-corrected chi connectivity index (χ1v) is 6.20. The van der Waals surface area contributed by atoms with Gasteiger partial charge in [-0.2, -0.15) is 0 Å². The van der Waals surface area contributed by atoms with Crippen molar-refractivity contribution in [2.75, 3.05) is 6.54 Å². The number of aryl methyl sites for hydroxylation is 1. The average molecular weight is 252 g/mol. The molecule has 18 heavy (non-hydrogen) atoms. The van der Waals surface area contributed by atoms with Crippen LogP contribution in [0.15, 0.2) is 18.2 Å². The second-order valence-corrected chi connectivity index (χ2v) is 5.05. The van der Waals surface area contributed by atoms with Gasteiger partial charge in [0.15, 0.2) is 0 Å². The zero-order chi connectivity index (χ0) is 13.7. The molecule has 0 radical (unpaired) electrons. The lowest BCUT2D eigenvalue weighted by Crippen LogP contribution is -2.41. The Balaban J connectivity index is 2.74. The molecular formula is C14H21FN2O. The predicted molar refractivity (Wildman–Crippen MR) is 70.9 cm³/mol. The van der Waals surface area contributed by atoms with Crippen LogP contribution < -0.4 is 11.1 Å². The zero-order valence-corrected chi connectivity index (χ0v) is 11.2. The van der Waals surface area contributed by atoms with E-state index in [4.69, 9.17) is 5.73 Å². The highest BCUT2D eigenvalue weighted by Crippen LogP contribution is 2.10. The minimum atomic E-state index is -0.395. The van der Waals surface area contributed by atoms with Crippen LogP contribution >= 0.6 is 0 Å². The van der Waals surface area contributed by atoms with Crippen LogP contribution in [0.5, 0.6) is 0 Å². The zero-order valence-electron chi connectivity index (χ0n) is 11.2. The van der Waals surface area contributed by atoms with Gasteiger partial charge in [-0.3, -0.25) is 4.79 Å². The monoisotopic (exact) mass is 252 g/mol. The van der Waals surface area contributed by atoms with Gasteiger partial charge in [-0.15, -0.1) is 0 Å². The number of benzene rings is 1. The third kappa shape index (κ3) is 4.45. The molecule has 0 saturated carbocycles. The molecule has 0 aliphatic rings. The molecule has 0 bridgehead atoms. The topological polar surface area (TPSA) is 55.1 Å². The molecule has 0 heterocycles. The van der Waals surface area contributed by atoms with Crippen LogP contribution in [0.2, 0.25) is 0 Å². The standard InChI is InChI=1S/C14H21FN2O/c1-9(2)4-13(8-16)17-14(18)11-5-10(3)6-12(15)7-11/h5-7,9,13H,4,8,16H2,1-3H3,(H,17,18). The van der Waals surface area contributed by atoms with E-state index in [1.807, 2.05) is 0 Å². The summed E-state index contributed by atoms with van der Waals surface area (Å²) in [6.45, 7) is 6.29. The van der Waals surface area contributed by atoms with Gasteiger partial charge in [0.1, 0.15) is 5.82 Å². The molecule has 1 atom stereocenters. The second kappa shape index (κ2) is 6.50. The van der Waals surface area contributed by atoms with Crippen LogP contribution in [-0.4, -0.2) is 18.5 Å². The highest BCUT2D eigenvalue weighted by atomic mass is 19.1. The van der Waals surface area contributed by atoms with E-state index in [1.54, 1.807) is 13.0 Å². The van der Waals surface area contributed by atoms with Crippen molar-refractivity contribution in [1.82, 2.24) is 5.32 Å². The minimum absolute atomic E-state index is 0.0685. The van der Waals surface area contributed by atoms with Crippen molar-refractivity contribution in [2.45, 2.75) is 33.2 Å². The van der Waals surface area contributed by atoms with E-state index in [1.165, 1.54) is 12.1 Å². The third-order valence-electron chi connectivity index (χ3n) is 2.68. The molecule has 0 fully saturated rings. The smallest absolute Gasteiger partial charge is 0.251 e. The number of carbonyl (C=O) groups is 1. The summed E-state index contributed by atoms with van der Waals surface area (Å²) in [7, 11) is 0. The van der Waals surface area contributed by atoms with Gasteiger partial charge in [0.2, 0.25) is 0 Å². The van der Waals surface area contributed by atoms with Crippen LogP contribution in [0.4, 0.5) is 4.39 Å². The average Bonchev–Trinajstić information content (AvgIpc) is 2.26. The molecule has 1 rings (SSSR count). The molecule has 0 aliphatic heterocycles. The second-order valence-electron chi connectivity index (χ2n) is 5.05. The Labute approximate surface area is 108 Å². The maximum atomic E-state index is 13.2. The Morgan fingerprint density at radius 1 is 1.39 bits per heavy atom. The van der Waals surface area contributed by atoms with Crippen LogP contribution in [0.3, 0.4) is 0 Å². The molecule has 3 nitrogen and oxygen atoms in total. The summed E-state index contributed by atoms with van der Waals surface area (Å²) in [5.74, 6) is -0.213. The first-order chi connectivity index (χ1) is 8.42. The molecule has 0 aromatic heterocycles. The molecule has 4 heteroatoms. The summed E-state index contributed by atoms with van der Waals surface area (Å²) in [6, 6.07) is 4.24. The SMILES string of the molecule is Cc1cc(F)cc(C(=O)NC(CN)CC(C)C)c1. The molecular weight excluding hydrogens is 231 g/mol. The van der Waals surface area contributed by atoms with Gasteiger partial charge in [0, 0.05) is 18.2 Å². The summed E-state index contributed by atoms with van der Waals surface area (Å²) in [6.07, 6.45) is 0.816. The number of hydrogen-bond donors (Lipinski definition) is 2. The van der Waals surface area contributed by atoms with Crippen molar-refractivity contribution in [3.8, 4) is 0 Å². The first-order valence-electron chi connectivity index (χ1n) is 6.20. The molecule has 0 spiro atoms. The quantitative estimate of drug-likeness (QED) is 0.844. The van der Waals surface area contributed by atoms with Crippen molar-refractivity contribution in [2.24, 2.45) is 11.7 Å². The predicted octanol–water partition coefficient (Wildman–Crippen LogP) is 2.24. The van der Waals surface area contributed by atoms with Gasteiger partial charge >= 0.3 is 0 Å². The fourth-order valence-corrected chi connectivity index (χ4v) is 1.92. The van der Waals surface area contributed by atoms with E-state index in [-0.39, 0.29) is 11.9 Å². The summed E-state index contributed by atoms with van der Waals surface area (Å²) in [4.78, 5) is 12.0. The molecule has 3 N–H and O–H groups in total. The van der Waals surface area contributed by atoms with Gasteiger partial charge < -0.3 is 11.1 Å². The lowest BCUT2D eigenvalue weighted by molar-refractivity contribution is 0.0933. The normalized spacial score (nSPS) is 12.6. The van der Waals surface area contributed by atoms with E-state index in [0.717, 1.165) is 12.0 Å². The van der Waals surface area contributed by atoms with Crippen LogP contribution in [-0.2, 0) is 0 Å². The van der Waals surface area contributed by atoms with Crippen LogP contribution in [0.25, 0.3) is 0 Å². The number of nitrogens with one attached hydrogen (secondary N) is 1. The van der Waals surface area contributed by atoms with Crippen molar-refractivity contribution in [1.29, 1.82) is 0 Å². The Bertz CT molecular complexity index is 398. The Kier molecular flexibility index (Phi) is 5.28. The Morgan fingerprint density at radius 3 is 2.56 bits per heavy atom. The molecule has 100 valence electrons. The van der Waals surface area contributed by atoms with E-state index < -0.39 is 5.82 Å². The summed E-state index contributed by atoms with van der Waals surface area (Å²) < 4.78 is 13.2. The molecule has 1 unspecified atom stereocenters. The molecule has 0 saturated heterocycles. The maximum absolute atomic E-state index is 13.2. The number of hydrogen-bond acceptors (Lipinski definition) is 2. The minimum Gasteiger partial charge on any atom is -0.348 e. The van der Waals surface area contributed by atoms with E-state index in [2.05, 4.69) is 19.2 Å². The highest BCUT2D eigenvalue weighted by Gasteiger charge is 2.14. The highest BCUT2D eigenvalue weighted by molar-refractivity contribution is 5.94. The first kappa shape index (κ1) is 14.6. The Hall–Kier alpha value is -1.42. The fraction of sp³-hybridized carbons (Fsp3) is 0.500. The molecule has 1 amide bonds. The van der Waals surface area contributed by atoms with Crippen molar-refractivity contribution in [3.05, 3.63) is 35.1 Å². The van der Waals surface area contributed by atoms with Gasteiger partial charge in [0.05, 0.1) is 0 Å². The number of rotatable bonds is 5. The van der Waals surface area contributed by atoms with Crippen LogP contribution in [0.1, 0.15) is 36.2 Å². The Morgan fingerprint density at radius 2 is 2.06 bits per heavy atom. The third-order valence-corrected chi connectivity index (χ3v) is 2.68. The fourth-order valence-electron chi connectivity index (χ4n) is 1.92. The van der Waals surface area contributed by atoms with Gasteiger partial charge in [-0.25, -0.2) is 4.39 Å². The van der Waals surface area contributed by atoms with E-state index in [9.17, 15) is 9.18 Å². The van der Waals surface area contributed by atoms with Crippen molar-refractivity contribution >= 4 is 5.91 Å². The molecule has 0 aliphatic carbocycles. The number of amides is 1. The lowest BCUT2D eigenvalue weighted by atomic mass is 10.0. The van der Waals surface area contributed by atoms with E-state index in [0.29, 0.717) is 18.0 Å². The van der Waals surface area contributed by atoms with Crippen molar-refractivity contribution < 1.29 is 9.18 Å². The van der Waals surface area contributed by atoms with Gasteiger partial charge in [0.25, 0.3) is 5.91 Å². The maximum Gasteiger partial charge on any atom is 0.251 e. The van der Waals surface area contributed by atoms with Crippen LogP contribution in [0, 0.1) is 18.7 Å². The molecule has 1 aromatic rings. The lowest BCUT2D eigenvalue weighted by Gasteiger charge is -2.19. The van der Waals surface area contributed by atoms with Crippen molar-refractivity contribution in [3.63, 3.8) is 0 Å². The number of halogens is 1. The number of nitrogens with two attached hydrogens (primary N) is 1. The summed E-state index contributed by atoms with van der Waals surface area (Å²) >= 11 is 0. The summed E-state index contributed by atoms with van der Waals surface area (Å²) in [5.41, 5.74) is 6.69. The largest absolute Gasteiger partial charge is 0.348 e. The molecule has 1 aromatic carbocycles. The van der Waals surface area contributed by atoms with Gasteiger partial charge in [-0.05, 0) is 43.0 Å². The van der Waals surface area contributed by atoms with E-state index >= 15 is 0 Å².